The van der Waals surface area contributed by atoms with Gasteiger partial charge in [0.2, 0.25) is 0 Å². The number of nitrogen functional groups attached to an aromatic ring is 1. The van der Waals surface area contributed by atoms with Gasteiger partial charge in [0.25, 0.3) is 5.56 Å². The Hall–Kier alpha value is -3.08. The number of rotatable bonds is 6. The van der Waals surface area contributed by atoms with Gasteiger partial charge < -0.3 is 25.5 Å². The molecule has 10 heteroatoms. The first-order valence-electron chi connectivity index (χ1n) is 10.7. The number of morpholine rings is 1. The lowest BCUT2D eigenvalue weighted by atomic mass is 10.00. The molecule has 0 radical (unpaired) electrons. The first kappa shape index (κ1) is 20.8. The Morgan fingerprint density at radius 2 is 2.16 bits per heavy atom. The van der Waals surface area contributed by atoms with Crippen LogP contribution in [0.3, 0.4) is 0 Å². The molecule has 5 heterocycles. The van der Waals surface area contributed by atoms with Gasteiger partial charge in [-0.2, -0.15) is 0 Å². The van der Waals surface area contributed by atoms with Gasteiger partial charge >= 0.3 is 0 Å². The van der Waals surface area contributed by atoms with E-state index in [9.17, 15) is 14.3 Å². The summed E-state index contributed by atoms with van der Waals surface area (Å²) in [7, 11) is 0. The summed E-state index contributed by atoms with van der Waals surface area (Å²) in [6.07, 6.45) is 1.23. The largest absolute Gasteiger partial charge is 0.504 e. The van der Waals surface area contributed by atoms with E-state index in [1.165, 1.54) is 18.3 Å². The maximum absolute atomic E-state index is 14.7. The Bertz CT molecular complexity index is 1220. The zero-order valence-corrected chi connectivity index (χ0v) is 17.5. The van der Waals surface area contributed by atoms with E-state index >= 15 is 0 Å². The Morgan fingerprint density at radius 1 is 1.28 bits per heavy atom. The normalized spacial score (nSPS) is 20.8. The molecule has 1 unspecified atom stereocenters. The van der Waals surface area contributed by atoms with E-state index in [4.69, 9.17) is 10.5 Å². The monoisotopic (exact) mass is 440 g/mol. The highest BCUT2D eigenvalue weighted by molar-refractivity contribution is 5.80. The molecule has 2 aliphatic heterocycles. The number of aromatic hydroxyl groups is 1. The zero-order chi connectivity index (χ0) is 22.2. The molecule has 0 amide bonds. The molecule has 4 N–H and O–H groups in total. The molecule has 1 saturated heterocycles. The van der Waals surface area contributed by atoms with Crippen LogP contribution in [0.5, 0.6) is 5.75 Å². The Balaban J connectivity index is 1.22. The Labute approximate surface area is 183 Å². The summed E-state index contributed by atoms with van der Waals surface area (Å²) < 4.78 is 22.2. The van der Waals surface area contributed by atoms with E-state index in [-0.39, 0.29) is 35.0 Å². The second-order valence-electron chi connectivity index (χ2n) is 8.32. The molecule has 3 aromatic rings. The molecule has 0 spiro atoms. The molecular formula is C22H25FN6O3. The summed E-state index contributed by atoms with van der Waals surface area (Å²) in [6, 6.07) is 6.40. The maximum Gasteiger partial charge on any atom is 0.251 e. The maximum atomic E-state index is 14.7. The predicted molar refractivity (Wildman–Crippen MR) is 117 cm³/mol. The zero-order valence-electron chi connectivity index (χ0n) is 17.5. The third kappa shape index (κ3) is 3.92. The van der Waals surface area contributed by atoms with Crippen molar-refractivity contribution in [3.8, 4) is 5.75 Å². The van der Waals surface area contributed by atoms with Crippen LogP contribution in [0.25, 0.3) is 11.0 Å². The number of nitrogens with one attached hydrogen (secondary N) is 1. The van der Waals surface area contributed by atoms with E-state index in [2.05, 4.69) is 20.2 Å². The second-order valence-corrected chi connectivity index (χ2v) is 8.32. The summed E-state index contributed by atoms with van der Waals surface area (Å²) in [6.45, 7) is 4.28. The highest BCUT2D eigenvalue weighted by atomic mass is 19.1. The number of pyridine rings is 3. The number of nitrogens with zero attached hydrogens (tertiary/aromatic N) is 4. The lowest BCUT2D eigenvalue weighted by Gasteiger charge is -2.34. The van der Waals surface area contributed by atoms with Crippen molar-refractivity contribution in [2.75, 3.05) is 38.5 Å². The number of aromatic nitrogens is 3. The van der Waals surface area contributed by atoms with Crippen molar-refractivity contribution in [2.24, 2.45) is 0 Å². The number of anilines is 1. The average molecular weight is 440 g/mol. The molecule has 32 heavy (non-hydrogen) atoms. The number of hydrogen-bond acceptors (Lipinski definition) is 8. The van der Waals surface area contributed by atoms with Crippen LogP contribution in [-0.4, -0.2) is 63.4 Å². The average Bonchev–Trinajstić information content (AvgIpc) is 3.16. The molecular weight excluding hydrogens is 415 g/mol. The lowest BCUT2D eigenvalue weighted by Crippen LogP contribution is -2.47. The van der Waals surface area contributed by atoms with Crippen LogP contribution >= 0.6 is 0 Å². The number of nitrogens with two attached hydrogens (primary N) is 1. The summed E-state index contributed by atoms with van der Waals surface area (Å²) in [4.78, 5) is 22.9. The van der Waals surface area contributed by atoms with Gasteiger partial charge in [-0.3, -0.25) is 14.7 Å². The quantitative estimate of drug-likeness (QED) is 0.515. The van der Waals surface area contributed by atoms with Crippen molar-refractivity contribution in [1.29, 1.82) is 0 Å². The van der Waals surface area contributed by atoms with Gasteiger partial charge in [0.1, 0.15) is 5.82 Å². The topological polar surface area (TPSA) is 119 Å². The van der Waals surface area contributed by atoms with Gasteiger partial charge in [0.05, 0.1) is 35.6 Å². The van der Waals surface area contributed by atoms with Crippen LogP contribution in [0.2, 0.25) is 0 Å². The van der Waals surface area contributed by atoms with Crippen molar-refractivity contribution >= 4 is 16.9 Å². The van der Waals surface area contributed by atoms with Gasteiger partial charge in [-0.25, -0.2) is 9.37 Å². The summed E-state index contributed by atoms with van der Waals surface area (Å²) >= 11 is 0. The molecule has 5 rings (SSSR count). The Morgan fingerprint density at radius 3 is 3.00 bits per heavy atom. The van der Waals surface area contributed by atoms with Crippen molar-refractivity contribution in [2.45, 2.75) is 25.1 Å². The third-order valence-electron chi connectivity index (χ3n) is 6.14. The number of hydrogen-bond donors (Lipinski definition) is 3. The lowest BCUT2D eigenvalue weighted by molar-refractivity contribution is -0.0292. The van der Waals surface area contributed by atoms with Crippen LogP contribution in [0.15, 0.2) is 35.3 Å². The number of halogens is 1. The van der Waals surface area contributed by atoms with Crippen molar-refractivity contribution in [1.82, 2.24) is 24.8 Å². The van der Waals surface area contributed by atoms with Crippen LogP contribution < -0.4 is 16.6 Å². The highest BCUT2D eigenvalue weighted by Gasteiger charge is 2.32. The standard InChI is InChI=1S/C22H25FN6O3/c23-16-9-26-17-2-4-19(31)29-11-13(20(16)21(17)29)10-28-5-6-32-15(12-28)8-25-7-14-1-3-18(30)22(24)27-14/h1-4,9,13,15,25,30H,5-8,10-12H2,(H2,24,27)/t13?,15-/m0/s1. The predicted octanol–water partition coefficient (Wildman–Crippen LogP) is 0.806. The molecule has 3 aromatic heterocycles. The van der Waals surface area contributed by atoms with Crippen LogP contribution in [-0.2, 0) is 17.8 Å². The van der Waals surface area contributed by atoms with Crippen LogP contribution in [0.1, 0.15) is 17.2 Å². The fraction of sp³-hybridized carbons (Fsp3) is 0.409. The molecule has 0 aliphatic carbocycles. The highest BCUT2D eigenvalue weighted by Crippen LogP contribution is 2.34. The minimum absolute atomic E-state index is 0.0213. The van der Waals surface area contributed by atoms with E-state index in [0.717, 1.165) is 12.2 Å². The van der Waals surface area contributed by atoms with Crippen molar-refractivity contribution in [3.05, 3.63) is 57.9 Å². The fourth-order valence-electron chi connectivity index (χ4n) is 4.65. The molecule has 0 aromatic carbocycles. The van der Waals surface area contributed by atoms with Gasteiger partial charge in [-0.05, 0) is 18.2 Å². The molecule has 0 saturated carbocycles. The first-order valence-corrected chi connectivity index (χ1v) is 10.7. The van der Waals surface area contributed by atoms with Gasteiger partial charge in [-0.1, -0.05) is 0 Å². The minimum Gasteiger partial charge on any atom is -0.504 e. The summed E-state index contributed by atoms with van der Waals surface area (Å²) in [5.41, 5.74) is 8.11. The molecule has 1 fully saturated rings. The van der Waals surface area contributed by atoms with Crippen LogP contribution in [0.4, 0.5) is 10.2 Å². The smallest absolute Gasteiger partial charge is 0.251 e. The van der Waals surface area contributed by atoms with Crippen LogP contribution in [0, 0.1) is 5.82 Å². The Kier molecular flexibility index (Phi) is 5.50. The summed E-state index contributed by atoms with van der Waals surface area (Å²) in [5.74, 6) is -0.379. The van der Waals surface area contributed by atoms with Crippen molar-refractivity contribution in [3.63, 3.8) is 0 Å². The molecule has 168 valence electrons. The van der Waals surface area contributed by atoms with E-state index in [1.807, 2.05) is 0 Å². The van der Waals surface area contributed by atoms with Gasteiger partial charge in [-0.15, -0.1) is 0 Å². The third-order valence-corrected chi connectivity index (χ3v) is 6.14. The minimum atomic E-state index is -0.355. The molecule has 0 bridgehead atoms. The molecule has 2 atom stereocenters. The molecule has 2 aliphatic rings. The SMILES string of the molecule is Nc1nc(CNC[C@H]2CN(CC3Cn4c(=O)ccc5ncc(F)c3c54)CCO2)ccc1O. The number of ether oxygens (including phenoxy) is 1. The van der Waals surface area contributed by atoms with E-state index in [0.29, 0.717) is 55.9 Å². The second kappa shape index (κ2) is 8.45. The van der Waals surface area contributed by atoms with E-state index in [1.54, 1.807) is 16.7 Å². The van der Waals surface area contributed by atoms with Gasteiger partial charge in [0, 0.05) is 56.8 Å². The van der Waals surface area contributed by atoms with Crippen molar-refractivity contribution < 1.29 is 14.2 Å². The summed E-state index contributed by atoms with van der Waals surface area (Å²) in [5, 5.41) is 12.8. The van der Waals surface area contributed by atoms with Gasteiger partial charge in [0.15, 0.2) is 11.6 Å². The fourth-order valence-corrected chi connectivity index (χ4v) is 4.65. The first-order chi connectivity index (χ1) is 15.5. The van der Waals surface area contributed by atoms with E-state index < -0.39 is 0 Å². The molecule has 9 nitrogen and oxygen atoms in total.